The highest BCUT2D eigenvalue weighted by Crippen LogP contribution is 2.38. The molecule has 8 nitrogen and oxygen atoms in total. The molecule has 5 rings (SSSR count). The molecule has 1 unspecified atom stereocenters. The normalized spacial score (nSPS) is 13.7. The highest BCUT2D eigenvalue weighted by atomic mass is 35.5. The SMILES string of the molecule is COc1cc2c(cc1OCc1ccccc1)C=C(C(=O)Nc1cc(C(=O)NCc3cccc(Cl)c3)ccc1C)C(O)N2. The minimum absolute atomic E-state index is 0.108. The predicted molar refractivity (Wildman–Crippen MR) is 164 cm³/mol. The predicted octanol–water partition coefficient (Wildman–Crippen LogP) is 5.93. The van der Waals surface area contributed by atoms with Gasteiger partial charge >= 0.3 is 0 Å². The zero-order chi connectivity index (χ0) is 29.6. The van der Waals surface area contributed by atoms with Gasteiger partial charge in [-0.1, -0.05) is 60.1 Å². The number of amides is 2. The standard InChI is InChI=1S/C33H30ClN3O5/c1-20-11-12-23(31(38)35-18-22-9-6-10-25(34)13-22)15-27(20)36-32(39)26-14-24-16-30(42-19-21-7-4-3-5-8-21)29(41-2)17-28(24)37-33(26)40/h3-17,33,37,40H,18-19H2,1-2H3,(H,35,38)(H,36,39). The molecule has 2 amide bonds. The number of carbonyl (C=O) groups excluding carboxylic acids is 2. The van der Waals surface area contributed by atoms with Crippen molar-refractivity contribution in [1.82, 2.24) is 5.32 Å². The summed E-state index contributed by atoms with van der Waals surface area (Å²) in [6, 6.07) is 25.5. The van der Waals surface area contributed by atoms with Crippen LogP contribution in [0, 0.1) is 6.92 Å². The number of aliphatic hydroxyl groups excluding tert-OH is 1. The molecule has 0 aromatic heterocycles. The van der Waals surface area contributed by atoms with Gasteiger partial charge in [-0.05, 0) is 60.0 Å². The first kappa shape index (κ1) is 28.7. The van der Waals surface area contributed by atoms with Gasteiger partial charge in [0, 0.05) is 40.1 Å². The van der Waals surface area contributed by atoms with Crippen LogP contribution < -0.4 is 25.4 Å². The van der Waals surface area contributed by atoms with Crippen LogP contribution in [0.3, 0.4) is 0 Å². The molecule has 0 fully saturated rings. The average Bonchev–Trinajstić information content (AvgIpc) is 2.99. The lowest BCUT2D eigenvalue weighted by molar-refractivity contribution is -0.113. The number of aliphatic hydroxyl groups is 1. The number of anilines is 2. The van der Waals surface area contributed by atoms with Crippen LogP contribution in [0.4, 0.5) is 11.4 Å². The molecule has 0 bridgehead atoms. The van der Waals surface area contributed by atoms with Gasteiger partial charge in [0.2, 0.25) is 0 Å². The largest absolute Gasteiger partial charge is 0.493 e. The van der Waals surface area contributed by atoms with E-state index in [9.17, 15) is 14.7 Å². The first-order valence-electron chi connectivity index (χ1n) is 13.3. The van der Waals surface area contributed by atoms with Crippen LogP contribution in [0.1, 0.15) is 32.6 Å². The molecule has 0 saturated heterocycles. The summed E-state index contributed by atoms with van der Waals surface area (Å²) in [5.41, 5.74) is 4.82. The molecule has 0 saturated carbocycles. The molecular formula is C33H30ClN3O5. The Bertz CT molecular complexity index is 1660. The second-order valence-electron chi connectivity index (χ2n) is 9.81. The van der Waals surface area contributed by atoms with E-state index in [1.165, 1.54) is 0 Å². The molecule has 1 aliphatic heterocycles. The molecule has 9 heteroatoms. The average molecular weight is 584 g/mol. The van der Waals surface area contributed by atoms with E-state index in [-0.39, 0.29) is 11.5 Å². The number of nitrogens with one attached hydrogen (secondary N) is 3. The Morgan fingerprint density at radius 1 is 0.929 bits per heavy atom. The molecule has 1 atom stereocenters. The van der Waals surface area contributed by atoms with Gasteiger partial charge < -0.3 is 30.5 Å². The van der Waals surface area contributed by atoms with Crippen molar-refractivity contribution >= 4 is 40.9 Å². The lowest BCUT2D eigenvalue weighted by Gasteiger charge is -2.25. The monoisotopic (exact) mass is 583 g/mol. The zero-order valence-electron chi connectivity index (χ0n) is 23.1. The fourth-order valence-electron chi connectivity index (χ4n) is 4.51. The van der Waals surface area contributed by atoms with Crippen molar-refractivity contribution in [2.45, 2.75) is 26.3 Å². The van der Waals surface area contributed by atoms with E-state index in [2.05, 4.69) is 16.0 Å². The number of carbonyl (C=O) groups is 2. The number of benzene rings is 4. The number of methoxy groups -OCH3 is 1. The summed E-state index contributed by atoms with van der Waals surface area (Å²) < 4.78 is 11.5. The van der Waals surface area contributed by atoms with Gasteiger partial charge in [-0.3, -0.25) is 9.59 Å². The highest BCUT2D eigenvalue weighted by Gasteiger charge is 2.26. The third kappa shape index (κ3) is 6.74. The molecule has 42 heavy (non-hydrogen) atoms. The van der Waals surface area contributed by atoms with E-state index in [1.807, 2.05) is 49.4 Å². The van der Waals surface area contributed by atoms with Crippen molar-refractivity contribution < 1.29 is 24.2 Å². The fraction of sp³-hybridized carbons (Fsp3) is 0.152. The number of hydrogen-bond acceptors (Lipinski definition) is 6. The number of aryl methyl sites for hydroxylation is 1. The Balaban J connectivity index is 1.32. The summed E-state index contributed by atoms with van der Waals surface area (Å²) in [6.45, 7) is 2.47. The number of rotatable bonds is 9. The maximum atomic E-state index is 13.3. The van der Waals surface area contributed by atoms with Crippen LogP contribution >= 0.6 is 11.6 Å². The van der Waals surface area contributed by atoms with Crippen LogP contribution in [0.2, 0.25) is 5.02 Å². The Kier molecular flexibility index (Phi) is 8.76. The van der Waals surface area contributed by atoms with Gasteiger partial charge in [-0.15, -0.1) is 0 Å². The topological polar surface area (TPSA) is 109 Å². The molecule has 214 valence electrons. The van der Waals surface area contributed by atoms with Crippen LogP contribution in [0.25, 0.3) is 6.08 Å². The van der Waals surface area contributed by atoms with E-state index in [0.29, 0.717) is 52.2 Å². The van der Waals surface area contributed by atoms with E-state index in [0.717, 1.165) is 16.7 Å². The van der Waals surface area contributed by atoms with Crippen LogP contribution in [-0.2, 0) is 17.9 Å². The zero-order valence-corrected chi connectivity index (χ0v) is 23.9. The van der Waals surface area contributed by atoms with Crippen molar-refractivity contribution in [1.29, 1.82) is 0 Å². The quantitative estimate of drug-likeness (QED) is 0.194. The van der Waals surface area contributed by atoms with Crippen molar-refractivity contribution in [3.05, 3.63) is 123 Å². The van der Waals surface area contributed by atoms with Crippen LogP contribution in [0.15, 0.2) is 90.5 Å². The Labute approximate surface area is 248 Å². The summed E-state index contributed by atoms with van der Waals surface area (Å²) in [5, 5.41) is 20.0. The summed E-state index contributed by atoms with van der Waals surface area (Å²) >= 11 is 6.03. The lowest BCUT2D eigenvalue weighted by atomic mass is 10.0. The molecule has 1 heterocycles. The summed E-state index contributed by atoms with van der Waals surface area (Å²) in [6.07, 6.45) is 0.347. The lowest BCUT2D eigenvalue weighted by Crippen LogP contribution is -2.32. The molecule has 0 spiro atoms. The molecule has 4 aromatic carbocycles. The van der Waals surface area contributed by atoms with Gasteiger partial charge in [0.15, 0.2) is 17.7 Å². The minimum Gasteiger partial charge on any atom is -0.493 e. The van der Waals surface area contributed by atoms with Crippen molar-refractivity contribution in [2.75, 3.05) is 17.7 Å². The van der Waals surface area contributed by atoms with Crippen LogP contribution in [0.5, 0.6) is 11.5 Å². The van der Waals surface area contributed by atoms with Crippen molar-refractivity contribution in [3.63, 3.8) is 0 Å². The number of fused-ring (bicyclic) bond motifs is 1. The summed E-state index contributed by atoms with van der Waals surface area (Å²) in [7, 11) is 1.54. The number of ether oxygens (including phenoxy) is 2. The molecular weight excluding hydrogens is 554 g/mol. The molecule has 1 aliphatic rings. The van der Waals surface area contributed by atoms with E-state index < -0.39 is 12.1 Å². The van der Waals surface area contributed by atoms with Crippen molar-refractivity contribution in [2.24, 2.45) is 0 Å². The second kappa shape index (κ2) is 12.8. The van der Waals surface area contributed by atoms with Crippen molar-refractivity contribution in [3.8, 4) is 11.5 Å². The van der Waals surface area contributed by atoms with E-state index in [1.54, 1.807) is 55.7 Å². The van der Waals surface area contributed by atoms with Gasteiger partial charge in [-0.25, -0.2) is 0 Å². The molecule has 0 aliphatic carbocycles. The highest BCUT2D eigenvalue weighted by molar-refractivity contribution is 6.30. The fourth-order valence-corrected chi connectivity index (χ4v) is 4.73. The third-order valence-corrected chi connectivity index (χ3v) is 7.06. The van der Waals surface area contributed by atoms with Gasteiger partial charge in [0.25, 0.3) is 11.8 Å². The molecule has 4 aromatic rings. The van der Waals surface area contributed by atoms with Gasteiger partial charge in [-0.2, -0.15) is 0 Å². The van der Waals surface area contributed by atoms with E-state index >= 15 is 0 Å². The number of halogens is 1. The Morgan fingerprint density at radius 2 is 1.71 bits per heavy atom. The Morgan fingerprint density at radius 3 is 2.48 bits per heavy atom. The minimum atomic E-state index is -1.26. The summed E-state index contributed by atoms with van der Waals surface area (Å²) in [4.78, 5) is 26.2. The summed E-state index contributed by atoms with van der Waals surface area (Å²) in [5.74, 6) is 0.186. The first-order valence-corrected chi connectivity index (χ1v) is 13.7. The van der Waals surface area contributed by atoms with E-state index in [4.69, 9.17) is 21.1 Å². The van der Waals surface area contributed by atoms with Crippen LogP contribution in [-0.4, -0.2) is 30.3 Å². The molecule has 4 N–H and O–H groups in total. The first-order chi connectivity index (χ1) is 20.3. The number of hydrogen-bond donors (Lipinski definition) is 4. The smallest absolute Gasteiger partial charge is 0.256 e. The third-order valence-electron chi connectivity index (χ3n) is 6.82. The Hall–Kier alpha value is -4.79. The maximum Gasteiger partial charge on any atom is 0.256 e. The second-order valence-corrected chi connectivity index (χ2v) is 10.2. The van der Waals surface area contributed by atoms with Gasteiger partial charge in [0.05, 0.1) is 12.7 Å². The maximum absolute atomic E-state index is 13.3. The molecule has 0 radical (unpaired) electrons. The van der Waals surface area contributed by atoms with Gasteiger partial charge in [0.1, 0.15) is 6.61 Å².